The Morgan fingerprint density at radius 1 is 1.20 bits per heavy atom. The van der Waals surface area contributed by atoms with Crippen molar-refractivity contribution < 1.29 is 0 Å². The van der Waals surface area contributed by atoms with E-state index in [9.17, 15) is 0 Å². The molecule has 0 aliphatic carbocycles. The average molecular weight is 355 g/mol. The fourth-order valence-electron chi connectivity index (χ4n) is 3.77. The van der Waals surface area contributed by atoms with E-state index >= 15 is 0 Å². The summed E-state index contributed by atoms with van der Waals surface area (Å²) in [7, 11) is 0. The quantitative estimate of drug-likeness (QED) is 0.642. The smallest absolute Gasteiger partial charge is 0.129 e. The summed E-state index contributed by atoms with van der Waals surface area (Å²) in [5.74, 6) is 1.07. The van der Waals surface area contributed by atoms with Crippen LogP contribution in [-0.2, 0) is 0 Å². The molecule has 4 nitrogen and oxygen atoms in total. The standard InChI is InChI=1S/C20H23ClN4/c1-20(2,3)25-10-4-5-17(25)19-22-12-16(24-19)14-6-8-15-13(11-14)7-9-18(21)23-15/h6-9,11-12,17H,4-5,10H2,1-3H3,(H,22,24)/t17-/m0/s1. The molecule has 0 unspecified atom stereocenters. The Balaban J connectivity index is 1.66. The first-order chi connectivity index (χ1) is 11.9. The molecule has 1 atom stereocenters. The van der Waals surface area contributed by atoms with Gasteiger partial charge >= 0.3 is 0 Å². The second kappa shape index (κ2) is 6.11. The van der Waals surface area contributed by atoms with Crippen LogP contribution in [0.4, 0.5) is 0 Å². The Kier molecular flexibility index (Phi) is 4.05. The normalized spacial score (nSPS) is 19.0. The van der Waals surface area contributed by atoms with Crippen LogP contribution in [0.2, 0.25) is 5.15 Å². The Morgan fingerprint density at radius 2 is 2.04 bits per heavy atom. The van der Waals surface area contributed by atoms with Crippen LogP contribution in [0.1, 0.15) is 45.5 Å². The van der Waals surface area contributed by atoms with Gasteiger partial charge in [-0.1, -0.05) is 17.7 Å². The van der Waals surface area contributed by atoms with E-state index in [1.54, 1.807) is 0 Å². The number of nitrogens with zero attached hydrogens (tertiary/aromatic N) is 3. The van der Waals surface area contributed by atoms with Gasteiger partial charge in [0.1, 0.15) is 11.0 Å². The van der Waals surface area contributed by atoms with Crippen molar-refractivity contribution in [3.05, 3.63) is 47.5 Å². The monoisotopic (exact) mass is 354 g/mol. The summed E-state index contributed by atoms with van der Waals surface area (Å²) in [6.07, 6.45) is 4.32. The van der Waals surface area contributed by atoms with Gasteiger partial charge in [0.25, 0.3) is 0 Å². The highest BCUT2D eigenvalue weighted by molar-refractivity contribution is 6.29. The molecular formula is C20H23ClN4. The molecule has 0 radical (unpaired) electrons. The second-order valence-corrected chi connectivity index (χ2v) is 8.13. The number of rotatable bonds is 2. The predicted octanol–water partition coefficient (Wildman–Crippen LogP) is 5.21. The van der Waals surface area contributed by atoms with Crippen molar-refractivity contribution in [3.8, 4) is 11.3 Å². The third-order valence-electron chi connectivity index (χ3n) is 4.99. The molecular weight excluding hydrogens is 332 g/mol. The van der Waals surface area contributed by atoms with Gasteiger partial charge in [0, 0.05) is 16.5 Å². The van der Waals surface area contributed by atoms with Crippen LogP contribution in [-0.4, -0.2) is 31.9 Å². The van der Waals surface area contributed by atoms with Crippen molar-refractivity contribution in [1.82, 2.24) is 19.9 Å². The van der Waals surface area contributed by atoms with Crippen molar-refractivity contribution in [2.24, 2.45) is 0 Å². The molecule has 1 saturated heterocycles. The van der Waals surface area contributed by atoms with Gasteiger partial charge in [-0.25, -0.2) is 9.97 Å². The fraction of sp³-hybridized carbons (Fsp3) is 0.400. The van der Waals surface area contributed by atoms with E-state index in [1.165, 1.54) is 6.42 Å². The summed E-state index contributed by atoms with van der Waals surface area (Å²) in [5, 5.41) is 1.60. The Labute approximate surface area is 153 Å². The van der Waals surface area contributed by atoms with Gasteiger partial charge in [0.05, 0.1) is 23.4 Å². The van der Waals surface area contributed by atoms with Crippen LogP contribution in [0.15, 0.2) is 36.5 Å². The molecule has 1 aromatic carbocycles. The number of H-pyrrole nitrogens is 1. The number of fused-ring (bicyclic) bond motifs is 1. The van der Waals surface area contributed by atoms with Crippen LogP contribution < -0.4 is 0 Å². The van der Waals surface area contributed by atoms with Gasteiger partial charge in [-0.05, 0) is 64.4 Å². The molecule has 25 heavy (non-hydrogen) atoms. The lowest BCUT2D eigenvalue weighted by Gasteiger charge is -2.36. The van der Waals surface area contributed by atoms with Crippen LogP contribution in [0.25, 0.3) is 22.2 Å². The van der Waals surface area contributed by atoms with Crippen molar-refractivity contribution in [2.45, 2.75) is 45.2 Å². The zero-order valence-corrected chi connectivity index (χ0v) is 15.6. The molecule has 2 aromatic heterocycles. The molecule has 1 N–H and O–H groups in total. The van der Waals surface area contributed by atoms with E-state index in [0.29, 0.717) is 11.2 Å². The lowest BCUT2D eigenvalue weighted by Crippen LogP contribution is -2.40. The van der Waals surface area contributed by atoms with Crippen molar-refractivity contribution >= 4 is 22.5 Å². The first kappa shape index (κ1) is 16.6. The molecule has 3 aromatic rings. The molecule has 0 saturated carbocycles. The molecule has 1 aliphatic rings. The highest BCUT2D eigenvalue weighted by atomic mass is 35.5. The summed E-state index contributed by atoms with van der Waals surface area (Å²) in [5.41, 5.74) is 3.23. The number of pyridine rings is 1. The molecule has 1 aliphatic heterocycles. The maximum absolute atomic E-state index is 5.97. The fourth-order valence-corrected chi connectivity index (χ4v) is 3.93. The van der Waals surface area contributed by atoms with Gasteiger partial charge < -0.3 is 4.98 Å². The average Bonchev–Trinajstić information content (AvgIpc) is 3.22. The van der Waals surface area contributed by atoms with E-state index < -0.39 is 0 Å². The zero-order valence-electron chi connectivity index (χ0n) is 14.9. The predicted molar refractivity (Wildman–Crippen MR) is 103 cm³/mol. The van der Waals surface area contributed by atoms with Crippen LogP contribution in [0.3, 0.4) is 0 Å². The van der Waals surface area contributed by atoms with Crippen LogP contribution >= 0.6 is 11.6 Å². The van der Waals surface area contributed by atoms with Crippen molar-refractivity contribution in [2.75, 3.05) is 6.54 Å². The lowest BCUT2D eigenvalue weighted by molar-refractivity contribution is 0.117. The van der Waals surface area contributed by atoms with Gasteiger partial charge in [-0.15, -0.1) is 0 Å². The van der Waals surface area contributed by atoms with E-state index in [-0.39, 0.29) is 5.54 Å². The minimum Gasteiger partial charge on any atom is -0.341 e. The minimum absolute atomic E-state index is 0.155. The van der Waals surface area contributed by atoms with E-state index in [4.69, 9.17) is 16.6 Å². The Bertz CT molecular complexity index is 909. The van der Waals surface area contributed by atoms with Crippen LogP contribution in [0, 0.1) is 0 Å². The van der Waals surface area contributed by atoms with Gasteiger partial charge in [0.15, 0.2) is 0 Å². The first-order valence-corrected chi connectivity index (χ1v) is 9.18. The minimum atomic E-state index is 0.155. The van der Waals surface area contributed by atoms with Crippen molar-refractivity contribution in [1.29, 1.82) is 0 Å². The maximum atomic E-state index is 5.97. The second-order valence-electron chi connectivity index (χ2n) is 7.75. The molecule has 5 heteroatoms. The van der Waals surface area contributed by atoms with Crippen molar-refractivity contribution in [3.63, 3.8) is 0 Å². The molecule has 3 heterocycles. The summed E-state index contributed by atoms with van der Waals surface area (Å²) in [6.45, 7) is 7.95. The third kappa shape index (κ3) is 3.16. The maximum Gasteiger partial charge on any atom is 0.129 e. The summed E-state index contributed by atoms with van der Waals surface area (Å²) >= 11 is 5.97. The number of aromatic nitrogens is 3. The molecule has 0 bridgehead atoms. The van der Waals surface area contributed by atoms with Gasteiger partial charge in [0.2, 0.25) is 0 Å². The van der Waals surface area contributed by atoms with Gasteiger partial charge in [-0.2, -0.15) is 0 Å². The summed E-state index contributed by atoms with van der Waals surface area (Å²) in [4.78, 5) is 15.1. The lowest BCUT2D eigenvalue weighted by atomic mass is 10.0. The highest BCUT2D eigenvalue weighted by Crippen LogP contribution is 2.36. The molecule has 130 valence electrons. The third-order valence-corrected chi connectivity index (χ3v) is 5.20. The van der Waals surface area contributed by atoms with E-state index in [1.807, 2.05) is 24.4 Å². The Morgan fingerprint density at radius 3 is 2.84 bits per heavy atom. The topological polar surface area (TPSA) is 44.8 Å². The number of hydrogen-bond acceptors (Lipinski definition) is 3. The number of aromatic amines is 1. The van der Waals surface area contributed by atoms with E-state index in [0.717, 1.165) is 41.0 Å². The number of nitrogens with one attached hydrogen (secondary N) is 1. The number of likely N-dealkylation sites (tertiary alicyclic amines) is 1. The number of benzene rings is 1. The number of halogens is 1. The largest absolute Gasteiger partial charge is 0.341 e. The molecule has 0 amide bonds. The SMILES string of the molecule is CC(C)(C)N1CCC[C@H]1c1ncc(-c2ccc3nc(Cl)ccc3c2)[nH]1. The zero-order chi connectivity index (χ0) is 17.6. The Hall–Kier alpha value is -1.91. The van der Waals surface area contributed by atoms with Crippen LogP contribution in [0.5, 0.6) is 0 Å². The first-order valence-electron chi connectivity index (χ1n) is 8.80. The van der Waals surface area contributed by atoms with Gasteiger partial charge in [-0.3, -0.25) is 4.90 Å². The number of imidazole rings is 1. The molecule has 0 spiro atoms. The summed E-state index contributed by atoms with van der Waals surface area (Å²) < 4.78 is 0. The summed E-state index contributed by atoms with van der Waals surface area (Å²) in [6, 6.07) is 10.4. The molecule has 4 rings (SSSR count). The van der Waals surface area contributed by atoms with E-state index in [2.05, 4.69) is 47.8 Å². The highest BCUT2D eigenvalue weighted by Gasteiger charge is 2.35. The molecule has 1 fully saturated rings. The number of hydrogen-bond donors (Lipinski definition) is 1.